The molecule has 2 unspecified atom stereocenters. The lowest BCUT2D eigenvalue weighted by Crippen LogP contribution is -2.50. The molecule has 0 aromatic rings. The summed E-state index contributed by atoms with van der Waals surface area (Å²) in [5.41, 5.74) is 0.523. The maximum atomic E-state index is 13.0. The molecule has 2 saturated carbocycles. The first-order valence-corrected chi connectivity index (χ1v) is 9.36. The quantitative estimate of drug-likeness (QED) is 0.562. The molecule has 2 fully saturated rings. The molecule has 25 heavy (non-hydrogen) atoms. The highest BCUT2D eigenvalue weighted by Gasteiger charge is 2.53. The van der Waals surface area contributed by atoms with Crippen LogP contribution < -0.4 is 0 Å². The standard InChI is InChI=1S/C21H30O4/c1-12(2)14-8-9-21(4,17(11-14)24-5)25-20(23)19-16-7-6-15(10-16)18(19)13(3)22/h6-7,14-19H,1,8-11H2,2-5H3/t14-,15+,16-,17+,18?,19?,21+/m1/s1. The Bertz CT molecular complexity index is 607. The van der Waals surface area contributed by atoms with Crippen LogP contribution in [0.4, 0.5) is 0 Å². The summed E-state index contributed by atoms with van der Waals surface area (Å²) < 4.78 is 11.7. The monoisotopic (exact) mass is 346 g/mol. The maximum Gasteiger partial charge on any atom is 0.310 e. The maximum absolute atomic E-state index is 13.0. The molecule has 4 nitrogen and oxygen atoms in total. The Morgan fingerprint density at radius 1 is 1.12 bits per heavy atom. The number of allylic oxidation sites excluding steroid dienone is 3. The zero-order valence-electron chi connectivity index (χ0n) is 15.8. The third-order valence-electron chi connectivity index (χ3n) is 6.68. The molecule has 138 valence electrons. The van der Waals surface area contributed by atoms with Crippen LogP contribution in [0, 0.1) is 29.6 Å². The van der Waals surface area contributed by atoms with E-state index in [0.717, 1.165) is 31.3 Å². The van der Waals surface area contributed by atoms with Crippen LogP contribution in [-0.2, 0) is 19.1 Å². The molecule has 2 bridgehead atoms. The third-order valence-corrected chi connectivity index (χ3v) is 6.68. The zero-order valence-corrected chi connectivity index (χ0v) is 15.8. The molecule has 0 aliphatic heterocycles. The van der Waals surface area contributed by atoms with E-state index in [1.54, 1.807) is 14.0 Å². The van der Waals surface area contributed by atoms with Crippen LogP contribution in [0.2, 0.25) is 0 Å². The Balaban J connectivity index is 1.74. The normalized spacial score (nSPS) is 42.4. The minimum absolute atomic E-state index is 0.0956. The number of esters is 1. The molecule has 7 atom stereocenters. The number of rotatable bonds is 5. The van der Waals surface area contributed by atoms with Gasteiger partial charge in [-0.1, -0.05) is 24.3 Å². The Hall–Kier alpha value is -1.42. The van der Waals surface area contributed by atoms with Crippen molar-refractivity contribution in [2.75, 3.05) is 7.11 Å². The highest BCUT2D eigenvalue weighted by Crippen LogP contribution is 2.50. The number of fused-ring (bicyclic) bond motifs is 2. The molecule has 4 heteroatoms. The lowest BCUT2D eigenvalue weighted by Gasteiger charge is -2.44. The second-order valence-corrected chi connectivity index (χ2v) is 8.39. The first kappa shape index (κ1) is 18.4. The molecule has 0 N–H and O–H groups in total. The highest BCUT2D eigenvalue weighted by molar-refractivity contribution is 5.87. The number of hydrogen-bond acceptors (Lipinski definition) is 4. The summed E-state index contributed by atoms with van der Waals surface area (Å²) in [7, 11) is 1.68. The van der Waals surface area contributed by atoms with Crippen molar-refractivity contribution in [1.82, 2.24) is 0 Å². The summed E-state index contributed by atoms with van der Waals surface area (Å²) in [6.45, 7) is 9.68. The van der Waals surface area contributed by atoms with Crippen molar-refractivity contribution in [1.29, 1.82) is 0 Å². The van der Waals surface area contributed by atoms with Crippen LogP contribution in [0.1, 0.15) is 46.5 Å². The van der Waals surface area contributed by atoms with Gasteiger partial charge in [-0.25, -0.2) is 0 Å². The number of hydrogen-bond donors (Lipinski definition) is 0. The van der Waals surface area contributed by atoms with Gasteiger partial charge in [0.25, 0.3) is 0 Å². The predicted molar refractivity (Wildman–Crippen MR) is 95.8 cm³/mol. The predicted octanol–water partition coefficient (Wildman–Crippen LogP) is 3.71. The molecular weight excluding hydrogens is 316 g/mol. The Morgan fingerprint density at radius 2 is 1.76 bits per heavy atom. The zero-order chi connectivity index (χ0) is 18.4. The van der Waals surface area contributed by atoms with Crippen molar-refractivity contribution >= 4 is 11.8 Å². The molecule has 0 amide bonds. The van der Waals surface area contributed by atoms with Crippen molar-refractivity contribution in [2.24, 2.45) is 29.6 Å². The van der Waals surface area contributed by atoms with Gasteiger partial charge in [0, 0.05) is 13.0 Å². The minimum Gasteiger partial charge on any atom is -0.456 e. The van der Waals surface area contributed by atoms with Crippen molar-refractivity contribution in [3.05, 3.63) is 24.3 Å². The van der Waals surface area contributed by atoms with E-state index in [9.17, 15) is 9.59 Å². The van der Waals surface area contributed by atoms with Gasteiger partial charge in [0.05, 0.1) is 12.0 Å². The van der Waals surface area contributed by atoms with Gasteiger partial charge in [-0.15, -0.1) is 0 Å². The molecule has 0 aromatic heterocycles. The molecule has 0 radical (unpaired) electrons. The van der Waals surface area contributed by atoms with Crippen molar-refractivity contribution < 1.29 is 19.1 Å². The van der Waals surface area contributed by atoms with Crippen molar-refractivity contribution in [2.45, 2.75) is 58.2 Å². The molecule has 0 heterocycles. The first-order valence-electron chi connectivity index (χ1n) is 9.36. The number of Topliss-reactive ketones (excluding diaryl/α,β-unsaturated/α-hetero) is 1. The second-order valence-electron chi connectivity index (χ2n) is 8.39. The summed E-state index contributed by atoms with van der Waals surface area (Å²) in [4.78, 5) is 25.1. The molecule has 0 aromatic carbocycles. The summed E-state index contributed by atoms with van der Waals surface area (Å²) >= 11 is 0. The molecule has 3 aliphatic carbocycles. The number of ether oxygens (including phenoxy) is 2. The summed E-state index contributed by atoms with van der Waals surface area (Å²) in [5, 5.41) is 0. The van der Waals surface area contributed by atoms with Gasteiger partial charge >= 0.3 is 5.97 Å². The molecular formula is C21H30O4. The van der Waals surface area contributed by atoms with E-state index in [1.165, 1.54) is 0 Å². The van der Waals surface area contributed by atoms with Crippen molar-refractivity contribution in [3.63, 3.8) is 0 Å². The Morgan fingerprint density at radius 3 is 2.32 bits per heavy atom. The Kier molecular flexibility index (Phi) is 4.93. The summed E-state index contributed by atoms with van der Waals surface area (Å²) in [6, 6.07) is 0. The van der Waals surface area contributed by atoms with Crippen LogP contribution >= 0.6 is 0 Å². The third kappa shape index (κ3) is 3.21. The van der Waals surface area contributed by atoms with E-state index in [0.29, 0.717) is 5.92 Å². The molecule has 0 saturated heterocycles. The smallest absolute Gasteiger partial charge is 0.310 e. The fourth-order valence-corrected chi connectivity index (χ4v) is 5.15. The van der Waals surface area contributed by atoms with Crippen LogP contribution in [0.15, 0.2) is 24.3 Å². The van der Waals surface area contributed by atoms with Gasteiger partial charge < -0.3 is 9.47 Å². The lowest BCUT2D eigenvalue weighted by atomic mass is 9.74. The van der Waals surface area contributed by atoms with E-state index in [4.69, 9.17) is 9.47 Å². The molecule has 3 aliphatic rings. The summed E-state index contributed by atoms with van der Waals surface area (Å²) in [5.74, 6) is 0.0632. The fourth-order valence-electron chi connectivity index (χ4n) is 5.15. The number of ketones is 1. The van der Waals surface area contributed by atoms with Gasteiger partial charge in [-0.3, -0.25) is 9.59 Å². The van der Waals surface area contributed by atoms with Gasteiger partial charge in [0.1, 0.15) is 11.4 Å². The fraction of sp³-hybridized carbons (Fsp3) is 0.714. The van der Waals surface area contributed by atoms with Crippen LogP contribution in [0.25, 0.3) is 0 Å². The first-order chi connectivity index (χ1) is 11.8. The van der Waals surface area contributed by atoms with Crippen LogP contribution in [-0.4, -0.2) is 30.6 Å². The van der Waals surface area contributed by atoms with Gasteiger partial charge in [-0.05, 0) is 64.2 Å². The summed E-state index contributed by atoms with van der Waals surface area (Å²) in [6.07, 6.45) is 7.47. The largest absolute Gasteiger partial charge is 0.456 e. The van der Waals surface area contributed by atoms with E-state index < -0.39 is 5.60 Å². The number of methoxy groups -OCH3 is 1. The van der Waals surface area contributed by atoms with Gasteiger partial charge in [0.2, 0.25) is 0 Å². The van der Waals surface area contributed by atoms with E-state index in [-0.39, 0.29) is 41.5 Å². The van der Waals surface area contributed by atoms with E-state index in [2.05, 4.69) is 18.7 Å². The van der Waals surface area contributed by atoms with Crippen LogP contribution in [0.5, 0.6) is 0 Å². The average molecular weight is 346 g/mol. The van der Waals surface area contributed by atoms with E-state index >= 15 is 0 Å². The topological polar surface area (TPSA) is 52.6 Å². The van der Waals surface area contributed by atoms with Crippen molar-refractivity contribution in [3.8, 4) is 0 Å². The number of carbonyl (C=O) groups is 2. The molecule has 0 spiro atoms. The minimum atomic E-state index is -0.634. The van der Waals surface area contributed by atoms with Gasteiger partial charge in [0.15, 0.2) is 0 Å². The lowest BCUT2D eigenvalue weighted by molar-refractivity contribution is -0.189. The average Bonchev–Trinajstić information content (AvgIpc) is 3.15. The number of carbonyl (C=O) groups excluding carboxylic acids is 2. The SMILES string of the molecule is C=C(C)[C@@H]1CC[C@](C)(OC(=O)C2C(C(C)=O)[C@H]3C=C[C@@H]2C3)[C@@H](OC)C1. The second kappa shape index (κ2) is 6.71. The Labute approximate surface area is 150 Å². The highest BCUT2D eigenvalue weighted by atomic mass is 16.6. The van der Waals surface area contributed by atoms with Gasteiger partial charge in [-0.2, -0.15) is 0 Å². The molecule has 3 rings (SSSR count). The van der Waals surface area contributed by atoms with Crippen LogP contribution in [0.3, 0.4) is 0 Å². The van der Waals surface area contributed by atoms with E-state index in [1.807, 2.05) is 13.8 Å².